The Hall–Kier alpha value is -3.07. The lowest BCUT2D eigenvalue weighted by Gasteiger charge is -2.10. The molecular formula is C26H29N3. The minimum absolute atomic E-state index is 0.888. The second kappa shape index (κ2) is 8.52. The highest BCUT2D eigenvalue weighted by Gasteiger charge is 2.09. The van der Waals surface area contributed by atoms with Gasteiger partial charge in [0.15, 0.2) is 0 Å². The van der Waals surface area contributed by atoms with Crippen LogP contribution in [0.3, 0.4) is 0 Å². The van der Waals surface area contributed by atoms with E-state index in [2.05, 4.69) is 83.1 Å². The van der Waals surface area contributed by atoms with Crippen molar-refractivity contribution in [3.05, 3.63) is 87.7 Å². The molecule has 0 aliphatic heterocycles. The van der Waals surface area contributed by atoms with Crippen LogP contribution in [0.25, 0.3) is 0 Å². The fourth-order valence-corrected chi connectivity index (χ4v) is 3.45. The van der Waals surface area contributed by atoms with Gasteiger partial charge in [0, 0.05) is 0 Å². The van der Waals surface area contributed by atoms with E-state index in [1.807, 2.05) is 13.8 Å². The highest BCUT2D eigenvalue weighted by molar-refractivity contribution is 6.02. The van der Waals surface area contributed by atoms with E-state index in [1.165, 1.54) is 22.3 Å². The molecule has 148 valence electrons. The third-order valence-corrected chi connectivity index (χ3v) is 5.15. The molecule has 0 saturated heterocycles. The summed E-state index contributed by atoms with van der Waals surface area (Å²) in [4.78, 5) is 14.7. The number of aliphatic imine (C=N–C) groups is 2. The van der Waals surface area contributed by atoms with E-state index in [4.69, 9.17) is 15.0 Å². The van der Waals surface area contributed by atoms with Crippen LogP contribution >= 0.6 is 0 Å². The smallest absolute Gasteiger partial charge is 0.0852 e. The molecule has 2 aromatic carbocycles. The van der Waals surface area contributed by atoms with Crippen molar-refractivity contribution in [2.45, 2.75) is 48.5 Å². The predicted molar refractivity (Wildman–Crippen MR) is 125 cm³/mol. The van der Waals surface area contributed by atoms with Gasteiger partial charge in [0.05, 0.1) is 34.2 Å². The second-order valence-corrected chi connectivity index (χ2v) is 7.79. The molecule has 0 spiro atoms. The molecule has 0 radical (unpaired) electrons. The number of rotatable bonds is 4. The van der Waals surface area contributed by atoms with Crippen LogP contribution in [-0.2, 0) is 0 Å². The molecule has 0 unspecified atom stereocenters. The Morgan fingerprint density at radius 1 is 0.621 bits per heavy atom. The number of benzene rings is 2. The highest BCUT2D eigenvalue weighted by atomic mass is 14.8. The third-order valence-electron chi connectivity index (χ3n) is 5.15. The summed E-state index contributed by atoms with van der Waals surface area (Å²) in [5.74, 6) is 0. The van der Waals surface area contributed by atoms with Crippen LogP contribution in [0.4, 0.5) is 11.4 Å². The lowest BCUT2D eigenvalue weighted by atomic mass is 10.1. The maximum absolute atomic E-state index is 4.90. The lowest BCUT2D eigenvalue weighted by Crippen LogP contribution is -2.06. The van der Waals surface area contributed by atoms with Crippen molar-refractivity contribution in [1.82, 2.24) is 4.98 Å². The van der Waals surface area contributed by atoms with Crippen LogP contribution in [0, 0.1) is 34.6 Å². The first-order chi connectivity index (χ1) is 13.8. The standard InChI is InChI=1S/C26H29N3/c1-16-14-23(21(6)27-25-17(2)10-8-11-18(25)3)29-24(15-16)22(7)28-26-19(4)12-9-13-20(26)5/h8-15H,1-7H3. The molecule has 0 amide bonds. The molecule has 29 heavy (non-hydrogen) atoms. The average Bonchev–Trinajstić information content (AvgIpc) is 2.67. The summed E-state index contributed by atoms with van der Waals surface area (Å²) in [6, 6.07) is 16.7. The number of para-hydroxylation sites is 2. The van der Waals surface area contributed by atoms with Gasteiger partial charge in [-0.2, -0.15) is 0 Å². The SMILES string of the molecule is CC(=Nc1c(C)cccc1C)c1cc(C)cc(C(C)=Nc2c(C)cccc2C)n1. The number of pyridine rings is 1. The molecule has 0 atom stereocenters. The molecular weight excluding hydrogens is 354 g/mol. The number of aromatic nitrogens is 1. The second-order valence-electron chi connectivity index (χ2n) is 7.79. The summed E-state index contributed by atoms with van der Waals surface area (Å²) < 4.78 is 0. The van der Waals surface area contributed by atoms with Crippen LogP contribution in [0.1, 0.15) is 53.1 Å². The molecule has 3 aromatic rings. The predicted octanol–water partition coefficient (Wildman–Crippen LogP) is 6.91. The molecule has 1 heterocycles. The van der Waals surface area contributed by atoms with Gasteiger partial charge in [0.2, 0.25) is 0 Å². The zero-order valence-corrected chi connectivity index (χ0v) is 18.5. The Balaban J connectivity index is 2.04. The zero-order valence-electron chi connectivity index (χ0n) is 18.5. The Labute approximate surface area is 174 Å². The highest BCUT2D eigenvalue weighted by Crippen LogP contribution is 2.25. The van der Waals surface area contributed by atoms with E-state index in [1.54, 1.807) is 0 Å². The molecule has 0 aliphatic carbocycles. The minimum Gasteiger partial charge on any atom is -0.251 e. The normalized spacial score (nSPS) is 12.4. The molecule has 3 heteroatoms. The fraction of sp³-hybridized carbons (Fsp3) is 0.269. The number of hydrogen-bond donors (Lipinski definition) is 0. The van der Waals surface area contributed by atoms with Gasteiger partial charge >= 0.3 is 0 Å². The Kier molecular flexibility index (Phi) is 6.07. The first-order valence-corrected chi connectivity index (χ1v) is 9.98. The van der Waals surface area contributed by atoms with Gasteiger partial charge in [0.1, 0.15) is 0 Å². The summed E-state index contributed by atoms with van der Waals surface area (Å²) >= 11 is 0. The van der Waals surface area contributed by atoms with E-state index in [0.29, 0.717) is 0 Å². The van der Waals surface area contributed by atoms with Gasteiger partial charge in [-0.1, -0.05) is 36.4 Å². The number of aryl methyl sites for hydroxylation is 5. The van der Waals surface area contributed by atoms with Crippen LogP contribution in [0.15, 0.2) is 58.5 Å². The van der Waals surface area contributed by atoms with E-state index in [0.717, 1.165) is 39.7 Å². The molecule has 1 aromatic heterocycles. The molecule has 0 fully saturated rings. The fourth-order valence-electron chi connectivity index (χ4n) is 3.45. The quantitative estimate of drug-likeness (QED) is 0.451. The summed E-state index contributed by atoms with van der Waals surface area (Å²) in [6.45, 7) is 14.5. The van der Waals surface area contributed by atoms with Gasteiger partial charge in [-0.25, -0.2) is 4.98 Å². The van der Waals surface area contributed by atoms with Crippen LogP contribution in [-0.4, -0.2) is 16.4 Å². The molecule has 0 N–H and O–H groups in total. The number of nitrogens with zero attached hydrogens (tertiary/aromatic N) is 3. The van der Waals surface area contributed by atoms with Gasteiger partial charge in [-0.05, 0) is 88.4 Å². The minimum atomic E-state index is 0.888. The first kappa shape index (κ1) is 20.7. The Bertz CT molecular complexity index is 995. The van der Waals surface area contributed by atoms with Crippen LogP contribution in [0.2, 0.25) is 0 Å². The summed E-state index contributed by atoms with van der Waals surface area (Å²) in [7, 11) is 0. The summed E-state index contributed by atoms with van der Waals surface area (Å²) in [6.07, 6.45) is 0. The Morgan fingerprint density at radius 3 is 1.31 bits per heavy atom. The zero-order chi connectivity index (χ0) is 21.1. The summed E-state index contributed by atoms with van der Waals surface area (Å²) in [5, 5.41) is 0. The van der Waals surface area contributed by atoms with Gasteiger partial charge in [0.25, 0.3) is 0 Å². The molecule has 3 nitrogen and oxygen atoms in total. The maximum Gasteiger partial charge on any atom is 0.0852 e. The van der Waals surface area contributed by atoms with Crippen molar-refractivity contribution in [2.24, 2.45) is 9.98 Å². The van der Waals surface area contributed by atoms with E-state index in [9.17, 15) is 0 Å². The Morgan fingerprint density at radius 2 is 0.966 bits per heavy atom. The van der Waals surface area contributed by atoms with Crippen molar-refractivity contribution in [3.8, 4) is 0 Å². The molecule has 0 aliphatic rings. The van der Waals surface area contributed by atoms with Gasteiger partial charge in [-0.15, -0.1) is 0 Å². The van der Waals surface area contributed by atoms with Crippen molar-refractivity contribution < 1.29 is 0 Å². The van der Waals surface area contributed by atoms with E-state index >= 15 is 0 Å². The van der Waals surface area contributed by atoms with Crippen molar-refractivity contribution >= 4 is 22.8 Å². The third kappa shape index (κ3) is 4.68. The maximum atomic E-state index is 4.90. The number of hydrogen-bond acceptors (Lipinski definition) is 3. The van der Waals surface area contributed by atoms with Crippen LogP contribution in [0.5, 0.6) is 0 Å². The molecule has 0 bridgehead atoms. The van der Waals surface area contributed by atoms with Gasteiger partial charge < -0.3 is 0 Å². The lowest BCUT2D eigenvalue weighted by molar-refractivity contribution is 1.20. The molecule has 0 saturated carbocycles. The largest absolute Gasteiger partial charge is 0.251 e. The van der Waals surface area contributed by atoms with Crippen molar-refractivity contribution in [1.29, 1.82) is 0 Å². The van der Waals surface area contributed by atoms with Crippen LogP contribution < -0.4 is 0 Å². The first-order valence-electron chi connectivity index (χ1n) is 9.98. The van der Waals surface area contributed by atoms with Gasteiger partial charge in [-0.3, -0.25) is 9.98 Å². The topological polar surface area (TPSA) is 37.6 Å². The van der Waals surface area contributed by atoms with Crippen molar-refractivity contribution in [2.75, 3.05) is 0 Å². The summed E-state index contributed by atoms with van der Waals surface area (Å²) in [5.41, 5.74) is 11.5. The van der Waals surface area contributed by atoms with E-state index < -0.39 is 0 Å². The monoisotopic (exact) mass is 383 g/mol. The molecule has 3 rings (SSSR count). The van der Waals surface area contributed by atoms with E-state index in [-0.39, 0.29) is 0 Å². The average molecular weight is 384 g/mol. The van der Waals surface area contributed by atoms with Crippen molar-refractivity contribution in [3.63, 3.8) is 0 Å².